The summed E-state index contributed by atoms with van der Waals surface area (Å²) < 4.78 is 6.07. The Labute approximate surface area is 191 Å². The molecule has 1 aromatic carbocycles. The third-order valence-corrected chi connectivity index (χ3v) is 5.00. The minimum absolute atomic E-state index is 0. The van der Waals surface area contributed by atoms with E-state index in [1.807, 2.05) is 6.20 Å². The van der Waals surface area contributed by atoms with Crippen LogP contribution in [0.3, 0.4) is 0 Å². The molecule has 1 aliphatic carbocycles. The van der Waals surface area contributed by atoms with Crippen LogP contribution in [0.4, 0.5) is 0 Å². The van der Waals surface area contributed by atoms with Gasteiger partial charge >= 0.3 is 0 Å². The van der Waals surface area contributed by atoms with Gasteiger partial charge in [-0.05, 0) is 69.6 Å². The molecule has 29 heavy (non-hydrogen) atoms. The Morgan fingerprint density at radius 1 is 1.24 bits per heavy atom. The van der Waals surface area contributed by atoms with Gasteiger partial charge in [0.25, 0.3) is 0 Å². The van der Waals surface area contributed by atoms with Gasteiger partial charge in [0.15, 0.2) is 5.96 Å². The predicted octanol–water partition coefficient (Wildman–Crippen LogP) is 4.12. The third-order valence-electron chi connectivity index (χ3n) is 5.00. The van der Waals surface area contributed by atoms with Crippen molar-refractivity contribution in [3.8, 4) is 5.75 Å². The van der Waals surface area contributed by atoms with Crippen LogP contribution in [0.25, 0.3) is 0 Å². The quantitative estimate of drug-likeness (QED) is 0.194. The van der Waals surface area contributed by atoms with Crippen LogP contribution in [0, 0.1) is 19.8 Å². The highest BCUT2D eigenvalue weighted by Crippen LogP contribution is 2.30. The number of aromatic nitrogens is 2. The Morgan fingerprint density at radius 2 is 2.07 bits per heavy atom. The maximum Gasteiger partial charge on any atom is 0.191 e. The molecule has 0 saturated heterocycles. The minimum Gasteiger partial charge on any atom is -0.493 e. The first-order valence-electron chi connectivity index (χ1n) is 10.4. The number of nitrogens with one attached hydrogen (secondary N) is 3. The fourth-order valence-electron chi connectivity index (χ4n) is 3.04. The number of halogens is 1. The zero-order chi connectivity index (χ0) is 19.8. The first kappa shape index (κ1) is 23.5. The van der Waals surface area contributed by atoms with Gasteiger partial charge in [-0.25, -0.2) is 4.99 Å². The number of hydrogen-bond acceptors (Lipinski definition) is 3. The maximum absolute atomic E-state index is 6.07. The van der Waals surface area contributed by atoms with E-state index in [0.717, 1.165) is 61.4 Å². The van der Waals surface area contributed by atoms with Crippen molar-refractivity contribution in [1.82, 2.24) is 20.8 Å². The highest BCUT2D eigenvalue weighted by Gasteiger charge is 2.22. The number of hydrogen-bond donors (Lipinski definition) is 3. The summed E-state index contributed by atoms with van der Waals surface area (Å²) >= 11 is 0. The second-order valence-corrected chi connectivity index (χ2v) is 7.61. The second-order valence-electron chi connectivity index (χ2n) is 7.61. The van der Waals surface area contributed by atoms with Gasteiger partial charge in [0, 0.05) is 24.3 Å². The highest BCUT2D eigenvalue weighted by molar-refractivity contribution is 14.0. The molecule has 0 unspecified atom stereocenters. The molecule has 0 spiro atoms. The van der Waals surface area contributed by atoms with Crippen molar-refractivity contribution in [3.63, 3.8) is 0 Å². The van der Waals surface area contributed by atoms with Gasteiger partial charge in [0.05, 0.1) is 19.3 Å². The Kier molecular flexibility index (Phi) is 9.76. The van der Waals surface area contributed by atoms with Crippen molar-refractivity contribution in [2.75, 3.05) is 19.7 Å². The molecule has 0 bridgehead atoms. The Balaban J connectivity index is 0.00000300. The van der Waals surface area contributed by atoms with Crippen LogP contribution in [-0.4, -0.2) is 35.9 Å². The van der Waals surface area contributed by atoms with Gasteiger partial charge in [-0.15, -0.1) is 24.0 Å². The van der Waals surface area contributed by atoms with Crippen LogP contribution in [0.15, 0.2) is 29.4 Å². The molecule has 160 valence electrons. The van der Waals surface area contributed by atoms with E-state index in [4.69, 9.17) is 9.73 Å². The Bertz CT molecular complexity index is 785. The van der Waals surface area contributed by atoms with Crippen molar-refractivity contribution >= 4 is 29.9 Å². The zero-order valence-electron chi connectivity index (χ0n) is 17.8. The van der Waals surface area contributed by atoms with Crippen molar-refractivity contribution < 1.29 is 4.74 Å². The zero-order valence-corrected chi connectivity index (χ0v) is 20.1. The lowest BCUT2D eigenvalue weighted by atomic mass is 10.1. The van der Waals surface area contributed by atoms with Crippen molar-refractivity contribution in [1.29, 1.82) is 0 Å². The van der Waals surface area contributed by atoms with E-state index >= 15 is 0 Å². The molecular formula is C22H34IN5O. The first-order valence-corrected chi connectivity index (χ1v) is 10.4. The molecule has 1 aliphatic rings. The predicted molar refractivity (Wildman–Crippen MR) is 129 cm³/mol. The molecule has 0 aliphatic heterocycles. The minimum atomic E-state index is 0. The molecular weight excluding hydrogens is 477 g/mol. The summed E-state index contributed by atoms with van der Waals surface area (Å²) in [6.45, 7) is 9.39. The maximum atomic E-state index is 6.07. The normalized spacial score (nSPS) is 13.7. The van der Waals surface area contributed by atoms with E-state index in [1.54, 1.807) is 0 Å². The van der Waals surface area contributed by atoms with Crippen LogP contribution in [0.1, 0.15) is 48.6 Å². The molecule has 0 atom stereocenters. The lowest BCUT2D eigenvalue weighted by molar-refractivity contribution is 0.296. The van der Waals surface area contributed by atoms with E-state index in [2.05, 4.69) is 59.8 Å². The molecule has 1 fully saturated rings. The number of H-pyrrole nitrogens is 1. The van der Waals surface area contributed by atoms with E-state index in [0.29, 0.717) is 6.54 Å². The van der Waals surface area contributed by atoms with E-state index in [9.17, 15) is 0 Å². The smallest absolute Gasteiger partial charge is 0.191 e. The molecule has 1 aromatic heterocycles. The summed E-state index contributed by atoms with van der Waals surface area (Å²) in [5, 5.41) is 13.8. The third kappa shape index (κ3) is 7.87. The first-order chi connectivity index (χ1) is 13.7. The SMILES string of the molecule is CCNC(=NCc1ccc(C)cc1OCC1CC1)NCCCc1cn[nH]c1C.I. The molecule has 0 amide bonds. The fraction of sp³-hybridized carbons (Fsp3) is 0.545. The Morgan fingerprint density at radius 3 is 2.76 bits per heavy atom. The number of aryl methyl sites for hydroxylation is 3. The number of benzene rings is 1. The second kappa shape index (κ2) is 12.0. The summed E-state index contributed by atoms with van der Waals surface area (Å²) in [6.07, 6.45) is 6.55. The van der Waals surface area contributed by atoms with Crippen LogP contribution in [0.2, 0.25) is 0 Å². The van der Waals surface area contributed by atoms with Crippen molar-refractivity contribution in [2.24, 2.45) is 10.9 Å². The lowest BCUT2D eigenvalue weighted by Crippen LogP contribution is -2.37. The summed E-state index contributed by atoms with van der Waals surface area (Å²) in [5.41, 5.74) is 4.79. The van der Waals surface area contributed by atoms with Gasteiger partial charge in [-0.3, -0.25) is 5.10 Å². The summed E-state index contributed by atoms with van der Waals surface area (Å²) in [7, 11) is 0. The van der Waals surface area contributed by atoms with E-state index in [1.165, 1.54) is 24.0 Å². The topological polar surface area (TPSA) is 74.3 Å². The van der Waals surface area contributed by atoms with Gasteiger partial charge in [0.2, 0.25) is 0 Å². The number of aromatic amines is 1. The van der Waals surface area contributed by atoms with Crippen LogP contribution >= 0.6 is 24.0 Å². The average molecular weight is 511 g/mol. The van der Waals surface area contributed by atoms with Crippen LogP contribution in [0.5, 0.6) is 5.75 Å². The van der Waals surface area contributed by atoms with Gasteiger partial charge in [0.1, 0.15) is 5.75 Å². The molecule has 3 rings (SSSR count). The average Bonchev–Trinajstić information content (AvgIpc) is 3.43. The molecule has 6 nitrogen and oxygen atoms in total. The monoisotopic (exact) mass is 511 g/mol. The van der Waals surface area contributed by atoms with Gasteiger partial charge < -0.3 is 15.4 Å². The lowest BCUT2D eigenvalue weighted by Gasteiger charge is -2.13. The van der Waals surface area contributed by atoms with E-state index < -0.39 is 0 Å². The summed E-state index contributed by atoms with van der Waals surface area (Å²) in [5.74, 6) is 2.57. The van der Waals surface area contributed by atoms with Gasteiger partial charge in [-0.1, -0.05) is 12.1 Å². The summed E-state index contributed by atoms with van der Waals surface area (Å²) in [4.78, 5) is 4.76. The van der Waals surface area contributed by atoms with Crippen LogP contribution < -0.4 is 15.4 Å². The van der Waals surface area contributed by atoms with Crippen molar-refractivity contribution in [3.05, 3.63) is 46.8 Å². The number of nitrogens with zero attached hydrogens (tertiary/aromatic N) is 2. The fourth-order valence-corrected chi connectivity index (χ4v) is 3.04. The summed E-state index contributed by atoms with van der Waals surface area (Å²) in [6, 6.07) is 6.38. The van der Waals surface area contributed by atoms with Crippen LogP contribution in [-0.2, 0) is 13.0 Å². The van der Waals surface area contributed by atoms with E-state index in [-0.39, 0.29) is 24.0 Å². The Hall–Kier alpha value is -1.77. The molecule has 1 saturated carbocycles. The number of aliphatic imine (C=N–C) groups is 1. The number of rotatable bonds is 10. The number of ether oxygens (including phenoxy) is 1. The molecule has 3 N–H and O–H groups in total. The molecule has 7 heteroatoms. The molecule has 0 radical (unpaired) electrons. The largest absolute Gasteiger partial charge is 0.493 e. The number of guanidine groups is 1. The van der Waals surface area contributed by atoms with Crippen molar-refractivity contribution in [2.45, 2.75) is 53.0 Å². The molecule has 2 aromatic rings. The highest BCUT2D eigenvalue weighted by atomic mass is 127. The van der Waals surface area contributed by atoms with Gasteiger partial charge in [-0.2, -0.15) is 5.10 Å². The standard InChI is InChI=1S/C22H33N5O.HI/c1-4-23-22(24-11-5-6-19-14-26-27-17(19)3)25-13-20-10-7-16(2)12-21(20)28-15-18-8-9-18;/h7,10,12,14,18H,4-6,8-9,11,13,15H2,1-3H3,(H,26,27)(H2,23,24,25);1H. The molecule has 1 heterocycles.